The number of fused-ring (bicyclic) bond motifs is 8. The summed E-state index contributed by atoms with van der Waals surface area (Å²) >= 11 is 0. The molecule has 2 aliphatic rings. The van der Waals surface area contributed by atoms with E-state index in [-0.39, 0.29) is 6.42 Å². The number of benzene rings is 4. The first-order chi connectivity index (χ1) is 25.6. The minimum Gasteiger partial charge on any atom is -0.481 e. The lowest BCUT2D eigenvalue weighted by atomic mass is 10.0. The Bertz CT molecular complexity index is 2670. The monoisotopic (exact) mass is 672 g/mol. The Kier molecular flexibility index (Phi) is 7.75. The first kappa shape index (κ1) is 31.0. The van der Waals surface area contributed by atoms with Gasteiger partial charge in [0, 0.05) is 44.3 Å². The standard InChI is InChI=1S/C46H32N4O2/c51-42(52)28-29-16-18-33(19-17-29)46-40-26-24-38(49-40)44(31-12-6-2-7-13-31)36-22-20-34(47-36)43(30-10-4-1-5-11-30)35-21-23-37(48-35)45(32-14-8-3-9-15-32)39-25-27-41(46)50-39/h1-27,47,50H,28H2,(H,51,52). The SMILES string of the molecule is O=C(O)Cc1ccc(-c2c3nc(c(-c4ccccc4)c4ccc([nH]4)c(-c4ccccc4)c4nc(c(-c5ccccc5)c5ccc2[nH]5)C=C4)C=C3)cc1. The molecule has 0 unspecified atom stereocenters. The van der Waals surface area contributed by atoms with Gasteiger partial charge in [-0.15, -0.1) is 0 Å². The molecule has 0 fully saturated rings. The molecule has 8 bridgehead atoms. The summed E-state index contributed by atoms with van der Waals surface area (Å²) in [6.45, 7) is 0. The van der Waals surface area contributed by atoms with Crippen molar-refractivity contribution >= 4 is 52.3 Å². The molecule has 0 saturated carbocycles. The van der Waals surface area contributed by atoms with Gasteiger partial charge in [0.1, 0.15) is 0 Å². The highest BCUT2D eigenvalue weighted by atomic mass is 16.4. The van der Waals surface area contributed by atoms with Crippen molar-refractivity contribution in [2.45, 2.75) is 6.42 Å². The van der Waals surface area contributed by atoms with Crippen molar-refractivity contribution < 1.29 is 9.90 Å². The molecule has 248 valence electrons. The summed E-state index contributed by atoms with van der Waals surface area (Å²) in [4.78, 5) is 29.7. The summed E-state index contributed by atoms with van der Waals surface area (Å²) in [7, 11) is 0. The zero-order chi connectivity index (χ0) is 35.0. The van der Waals surface area contributed by atoms with E-state index < -0.39 is 5.97 Å². The number of hydrogen-bond donors (Lipinski definition) is 3. The molecule has 52 heavy (non-hydrogen) atoms. The second kappa shape index (κ2) is 13.0. The summed E-state index contributed by atoms with van der Waals surface area (Å²) in [5.41, 5.74) is 15.8. The van der Waals surface area contributed by atoms with Crippen LogP contribution in [-0.4, -0.2) is 31.0 Å². The molecule has 0 atom stereocenters. The van der Waals surface area contributed by atoms with Crippen LogP contribution in [0.1, 0.15) is 28.3 Å². The molecule has 3 aromatic heterocycles. The molecule has 5 heterocycles. The van der Waals surface area contributed by atoms with E-state index in [2.05, 4.69) is 107 Å². The van der Waals surface area contributed by atoms with Gasteiger partial charge in [-0.1, -0.05) is 115 Å². The van der Waals surface area contributed by atoms with Crippen LogP contribution < -0.4 is 0 Å². The number of nitrogens with one attached hydrogen (secondary N) is 2. The lowest BCUT2D eigenvalue weighted by Crippen LogP contribution is -1.99. The molecule has 0 aliphatic carbocycles. The van der Waals surface area contributed by atoms with Crippen molar-refractivity contribution in [3.63, 3.8) is 0 Å². The number of hydrogen-bond acceptors (Lipinski definition) is 3. The van der Waals surface area contributed by atoms with Crippen molar-refractivity contribution in [2.75, 3.05) is 0 Å². The van der Waals surface area contributed by atoms with Gasteiger partial charge in [-0.2, -0.15) is 0 Å². The topological polar surface area (TPSA) is 94.7 Å². The van der Waals surface area contributed by atoms with Crippen LogP contribution in [-0.2, 0) is 11.2 Å². The molecule has 7 aromatic rings. The maximum absolute atomic E-state index is 11.5. The lowest BCUT2D eigenvalue weighted by molar-refractivity contribution is -0.136. The van der Waals surface area contributed by atoms with Gasteiger partial charge in [0.05, 0.1) is 29.2 Å². The van der Waals surface area contributed by atoms with Gasteiger partial charge in [0.25, 0.3) is 0 Å². The second-order valence-electron chi connectivity index (χ2n) is 12.9. The minimum atomic E-state index is -0.861. The van der Waals surface area contributed by atoms with Crippen LogP contribution >= 0.6 is 0 Å². The fraction of sp³-hybridized carbons (Fsp3) is 0.0217. The molecule has 4 aromatic carbocycles. The van der Waals surface area contributed by atoms with E-state index in [9.17, 15) is 9.90 Å². The number of aliphatic carboxylic acids is 1. The Morgan fingerprint density at radius 2 is 0.731 bits per heavy atom. The molecule has 0 amide bonds. The predicted molar refractivity (Wildman–Crippen MR) is 212 cm³/mol. The average Bonchev–Trinajstić information content (AvgIpc) is 4.01. The van der Waals surface area contributed by atoms with Crippen LogP contribution in [0, 0.1) is 0 Å². The van der Waals surface area contributed by atoms with E-state index in [4.69, 9.17) is 9.97 Å². The zero-order valence-electron chi connectivity index (χ0n) is 28.0. The van der Waals surface area contributed by atoms with Gasteiger partial charge >= 0.3 is 5.97 Å². The molecule has 3 N–H and O–H groups in total. The highest BCUT2D eigenvalue weighted by Gasteiger charge is 2.19. The summed E-state index contributed by atoms with van der Waals surface area (Å²) in [5, 5.41) is 9.41. The fourth-order valence-corrected chi connectivity index (χ4v) is 7.20. The van der Waals surface area contributed by atoms with Crippen LogP contribution in [0.5, 0.6) is 0 Å². The molecular weight excluding hydrogens is 641 g/mol. The zero-order valence-corrected chi connectivity index (χ0v) is 28.0. The first-order valence-electron chi connectivity index (χ1n) is 17.2. The van der Waals surface area contributed by atoms with Crippen molar-refractivity contribution in [1.29, 1.82) is 0 Å². The highest BCUT2D eigenvalue weighted by Crippen LogP contribution is 2.38. The van der Waals surface area contributed by atoms with Crippen molar-refractivity contribution in [1.82, 2.24) is 19.9 Å². The van der Waals surface area contributed by atoms with Gasteiger partial charge in [0.2, 0.25) is 0 Å². The Hall–Kier alpha value is -7.05. The molecule has 6 heteroatoms. The molecular formula is C46H32N4O2. The summed E-state index contributed by atoms with van der Waals surface area (Å²) in [6.07, 6.45) is 8.30. The molecule has 9 rings (SSSR count). The maximum atomic E-state index is 11.5. The Morgan fingerprint density at radius 3 is 1.04 bits per heavy atom. The van der Waals surface area contributed by atoms with Gasteiger partial charge in [-0.3, -0.25) is 4.79 Å². The highest BCUT2D eigenvalue weighted by molar-refractivity contribution is 5.99. The van der Waals surface area contributed by atoms with Crippen LogP contribution in [0.3, 0.4) is 0 Å². The maximum Gasteiger partial charge on any atom is 0.307 e. The third kappa shape index (κ3) is 5.72. The van der Waals surface area contributed by atoms with Crippen molar-refractivity contribution in [3.8, 4) is 44.5 Å². The smallest absolute Gasteiger partial charge is 0.307 e. The largest absolute Gasteiger partial charge is 0.481 e. The number of aromatic nitrogens is 4. The van der Waals surface area contributed by atoms with E-state index in [0.29, 0.717) is 0 Å². The van der Waals surface area contributed by atoms with E-state index >= 15 is 0 Å². The van der Waals surface area contributed by atoms with Crippen LogP contribution in [0.2, 0.25) is 0 Å². The van der Waals surface area contributed by atoms with Crippen LogP contribution in [0.4, 0.5) is 0 Å². The third-order valence-electron chi connectivity index (χ3n) is 9.54. The third-order valence-corrected chi connectivity index (χ3v) is 9.54. The van der Waals surface area contributed by atoms with Crippen molar-refractivity contribution in [2.24, 2.45) is 0 Å². The number of carboxylic acid groups (broad SMARTS) is 1. The minimum absolute atomic E-state index is 0.0397. The number of aromatic amines is 2. The van der Waals surface area contributed by atoms with Gasteiger partial charge in [0.15, 0.2) is 0 Å². The van der Waals surface area contributed by atoms with Gasteiger partial charge in [-0.05, 0) is 76.4 Å². The number of nitrogens with zero attached hydrogens (tertiary/aromatic N) is 2. The molecule has 2 aliphatic heterocycles. The first-order valence-corrected chi connectivity index (χ1v) is 17.2. The number of carboxylic acids is 1. The number of H-pyrrole nitrogens is 2. The van der Waals surface area contributed by atoms with Gasteiger partial charge in [-0.25, -0.2) is 9.97 Å². The number of carbonyl (C=O) groups is 1. The average molecular weight is 673 g/mol. The lowest BCUT2D eigenvalue weighted by Gasteiger charge is -2.07. The molecule has 0 radical (unpaired) electrons. The summed E-state index contributed by atoms with van der Waals surface area (Å²) in [5.74, 6) is -0.861. The summed E-state index contributed by atoms with van der Waals surface area (Å²) < 4.78 is 0. The Morgan fingerprint density at radius 1 is 0.423 bits per heavy atom. The van der Waals surface area contributed by atoms with Crippen LogP contribution in [0.25, 0.3) is 90.9 Å². The second-order valence-corrected chi connectivity index (χ2v) is 12.9. The van der Waals surface area contributed by atoms with Crippen LogP contribution in [0.15, 0.2) is 140 Å². The number of rotatable bonds is 6. The molecule has 0 saturated heterocycles. The van der Waals surface area contributed by atoms with E-state index in [1.165, 1.54) is 0 Å². The summed E-state index contributed by atoms with van der Waals surface area (Å²) in [6, 6.07) is 47.2. The Labute approximate surface area is 300 Å². The van der Waals surface area contributed by atoms with E-state index in [0.717, 1.165) is 94.9 Å². The van der Waals surface area contributed by atoms with Gasteiger partial charge < -0.3 is 15.1 Å². The quantitative estimate of drug-likeness (QED) is 0.164. The normalized spacial score (nSPS) is 11.9. The van der Waals surface area contributed by atoms with E-state index in [1.54, 1.807) is 0 Å². The fourth-order valence-electron chi connectivity index (χ4n) is 7.20. The molecule has 6 nitrogen and oxygen atoms in total. The molecule has 0 spiro atoms. The Balaban J connectivity index is 1.44. The van der Waals surface area contributed by atoms with E-state index in [1.807, 2.05) is 66.7 Å². The predicted octanol–water partition coefficient (Wildman–Crippen LogP) is 11.0. The van der Waals surface area contributed by atoms with Crippen molar-refractivity contribution in [3.05, 3.63) is 168 Å².